The maximum absolute atomic E-state index is 13.3. The van der Waals surface area contributed by atoms with Crippen molar-refractivity contribution in [2.75, 3.05) is 18.4 Å². The van der Waals surface area contributed by atoms with Crippen molar-refractivity contribution in [3.05, 3.63) is 33.1 Å². The molecule has 0 amide bonds. The van der Waals surface area contributed by atoms with Crippen molar-refractivity contribution in [1.82, 2.24) is 5.32 Å². The minimum Gasteiger partial charge on any atom is -0.379 e. The maximum atomic E-state index is 13.3. The molecule has 104 valence electrons. The fourth-order valence-corrected chi connectivity index (χ4v) is 2.37. The van der Waals surface area contributed by atoms with Gasteiger partial charge in [-0.1, -0.05) is 11.6 Å². The second-order valence-corrected chi connectivity index (χ2v) is 4.96. The number of hydrogen-bond donors (Lipinski definition) is 2. The van der Waals surface area contributed by atoms with Crippen LogP contribution in [0.4, 0.5) is 15.8 Å². The first-order valence-corrected chi connectivity index (χ1v) is 6.56. The lowest BCUT2D eigenvalue weighted by atomic mass is 10.1. The van der Waals surface area contributed by atoms with Gasteiger partial charge >= 0.3 is 0 Å². The van der Waals surface area contributed by atoms with Gasteiger partial charge in [0.1, 0.15) is 11.5 Å². The fraction of sp³-hybridized carbons (Fsp3) is 0.500. The predicted octanol–water partition coefficient (Wildman–Crippen LogP) is 2.94. The lowest BCUT2D eigenvalue weighted by Crippen LogP contribution is -2.24. The molecule has 0 aliphatic carbocycles. The third-order valence-corrected chi connectivity index (χ3v) is 3.50. The first-order valence-electron chi connectivity index (χ1n) is 6.18. The highest BCUT2D eigenvalue weighted by atomic mass is 35.5. The third-order valence-electron chi connectivity index (χ3n) is 3.21. The smallest absolute Gasteiger partial charge is 0.294 e. The van der Waals surface area contributed by atoms with Crippen LogP contribution < -0.4 is 10.6 Å². The van der Waals surface area contributed by atoms with Crippen molar-refractivity contribution < 1.29 is 9.31 Å². The lowest BCUT2D eigenvalue weighted by Gasteiger charge is -2.12. The van der Waals surface area contributed by atoms with Crippen LogP contribution in [-0.2, 0) is 0 Å². The van der Waals surface area contributed by atoms with Crippen molar-refractivity contribution in [1.29, 1.82) is 0 Å². The zero-order valence-corrected chi connectivity index (χ0v) is 11.0. The van der Waals surface area contributed by atoms with Gasteiger partial charge in [0.25, 0.3) is 5.69 Å². The molecular formula is C12H15ClFN3O2. The Balaban J connectivity index is 2.01. The SMILES string of the molecule is O=[N+]([O-])c1cc(Cl)c(F)cc1NCC[C@H]1CCCN1. The summed E-state index contributed by atoms with van der Waals surface area (Å²) in [5.74, 6) is -0.659. The number of nitro benzene ring substituents is 1. The van der Waals surface area contributed by atoms with Gasteiger partial charge in [-0.2, -0.15) is 0 Å². The van der Waals surface area contributed by atoms with E-state index in [1.807, 2.05) is 0 Å². The number of rotatable bonds is 5. The van der Waals surface area contributed by atoms with E-state index >= 15 is 0 Å². The average molecular weight is 288 g/mol. The van der Waals surface area contributed by atoms with E-state index < -0.39 is 10.7 Å². The van der Waals surface area contributed by atoms with Crippen LogP contribution in [0.15, 0.2) is 12.1 Å². The molecule has 1 aromatic rings. The normalized spacial score (nSPS) is 18.5. The quantitative estimate of drug-likeness (QED) is 0.645. The maximum Gasteiger partial charge on any atom is 0.294 e. The Labute approximate surface area is 115 Å². The summed E-state index contributed by atoms with van der Waals surface area (Å²) in [6.07, 6.45) is 3.11. The van der Waals surface area contributed by atoms with Crippen LogP contribution in [-0.4, -0.2) is 24.1 Å². The van der Waals surface area contributed by atoms with Crippen LogP contribution in [0.1, 0.15) is 19.3 Å². The monoisotopic (exact) mass is 287 g/mol. The second kappa shape index (κ2) is 6.16. The molecule has 7 heteroatoms. The molecule has 0 bridgehead atoms. The molecule has 0 spiro atoms. The molecule has 1 aliphatic heterocycles. The topological polar surface area (TPSA) is 67.2 Å². The van der Waals surface area contributed by atoms with E-state index in [4.69, 9.17) is 11.6 Å². The number of benzene rings is 1. The third kappa shape index (κ3) is 3.54. The van der Waals surface area contributed by atoms with Crippen LogP contribution in [0.25, 0.3) is 0 Å². The van der Waals surface area contributed by atoms with E-state index in [1.54, 1.807) is 0 Å². The summed E-state index contributed by atoms with van der Waals surface area (Å²) in [5, 5.41) is 16.9. The van der Waals surface area contributed by atoms with E-state index in [1.165, 1.54) is 0 Å². The summed E-state index contributed by atoms with van der Waals surface area (Å²) >= 11 is 5.55. The standard InChI is InChI=1S/C12H15ClFN3O2/c13-9-6-12(17(18)19)11(7-10(9)14)16-5-3-8-2-1-4-15-8/h6-8,15-16H,1-5H2/t8-/m1/s1. The fourth-order valence-electron chi connectivity index (χ4n) is 2.21. The van der Waals surface area contributed by atoms with Gasteiger partial charge in [-0.15, -0.1) is 0 Å². The predicted molar refractivity (Wildman–Crippen MR) is 72.2 cm³/mol. The van der Waals surface area contributed by atoms with E-state index in [0.29, 0.717) is 12.6 Å². The molecular weight excluding hydrogens is 273 g/mol. The molecule has 0 aromatic heterocycles. The highest BCUT2D eigenvalue weighted by Crippen LogP contribution is 2.30. The number of nitro groups is 1. The molecule has 1 fully saturated rings. The summed E-state index contributed by atoms with van der Waals surface area (Å²) in [6.45, 7) is 1.57. The van der Waals surface area contributed by atoms with Gasteiger partial charge in [0.2, 0.25) is 0 Å². The molecule has 2 rings (SSSR count). The first kappa shape index (κ1) is 14.0. The molecule has 5 nitrogen and oxygen atoms in total. The summed E-state index contributed by atoms with van der Waals surface area (Å²) in [7, 11) is 0. The molecule has 0 saturated carbocycles. The van der Waals surface area contributed by atoms with Gasteiger partial charge in [0.05, 0.1) is 9.95 Å². The number of nitrogens with one attached hydrogen (secondary N) is 2. The van der Waals surface area contributed by atoms with Gasteiger partial charge in [0.15, 0.2) is 0 Å². The van der Waals surface area contributed by atoms with Crippen LogP contribution in [0.2, 0.25) is 5.02 Å². The Morgan fingerprint density at radius 2 is 2.37 bits per heavy atom. The first-order chi connectivity index (χ1) is 9.08. The van der Waals surface area contributed by atoms with Crippen molar-refractivity contribution in [3.63, 3.8) is 0 Å². The summed E-state index contributed by atoms with van der Waals surface area (Å²) < 4.78 is 13.3. The molecule has 19 heavy (non-hydrogen) atoms. The summed E-state index contributed by atoms with van der Waals surface area (Å²) in [4.78, 5) is 10.3. The number of halogens is 2. The van der Waals surface area contributed by atoms with Crippen molar-refractivity contribution >= 4 is 23.0 Å². The molecule has 1 aromatic carbocycles. The Morgan fingerprint density at radius 1 is 1.58 bits per heavy atom. The van der Waals surface area contributed by atoms with E-state index in [2.05, 4.69) is 10.6 Å². The van der Waals surface area contributed by atoms with E-state index in [-0.39, 0.29) is 16.4 Å². The van der Waals surface area contributed by atoms with Gasteiger partial charge < -0.3 is 10.6 Å². The highest BCUT2D eigenvalue weighted by Gasteiger charge is 2.18. The highest BCUT2D eigenvalue weighted by molar-refractivity contribution is 6.31. The van der Waals surface area contributed by atoms with Gasteiger partial charge in [-0.05, 0) is 25.8 Å². The summed E-state index contributed by atoms with van der Waals surface area (Å²) in [6, 6.07) is 2.54. The van der Waals surface area contributed by atoms with Crippen LogP contribution in [0, 0.1) is 15.9 Å². The lowest BCUT2D eigenvalue weighted by molar-refractivity contribution is -0.384. The average Bonchev–Trinajstić information content (AvgIpc) is 2.86. The Hall–Kier alpha value is -1.40. The largest absolute Gasteiger partial charge is 0.379 e. The molecule has 2 N–H and O–H groups in total. The van der Waals surface area contributed by atoms with Crippen molar-refractivity contribution in [3.8, 4) is 0 Å². The molecule has 1 atom stereocenters. The molecule has 1 aliphatic rings. The Morgan fingerprint density at radius 3 is 3.00 bits per heavy atom. The van der Waals surface area contributed by atoms with Gasteiger partial charge in [-0.3, -0.25) is 10.1 Å². The Bertz CT molecular complexity index is 478. The number of nitrogens with zero attached hydrogens (tertiary/aromatic N) is 1. The van der Waals surface area contributed by atoms with E-state index in [0.717, 1.165) is 37.9 Å². The van der Waals surface area contributed by atoms with Gasteiger partial charge in [0, 0.05) is 24.7 Å². The zero-order chi connectivity index (χ0) is 13.8. The minimum atomic E-state index is -0.659. The van der Waals surface area contributed by atoms with Crippen molar-refractivity contribution in [2.24, 2.45) is 0 Å². The molecule has 1 saturated heterocycles. The zero-order valence-electron chi connectivity index (χ0n) is 10.3. The molecule has 0 radical (unpaired) electrons. The van der Waals surface area contributed by atoms with Gasteiger partial charge in [-0.25, -0.2) is 4.39 Å². The molecule has 0 unspecified atom stereocenters. The van der Waals surface area contributed by atoms with Crippen LogP contribution in [0.5, 0.6) is 0 Å². The second-order valence-electron chi connectivity index (χ2n) is 4.55. The van der Waals surface area contributed by atoms with Crippen LogP contribution in [0.3, 0.4) is 0 Å². The summed E-state index contributed by atoms with van der Waals surface area (Å²) in [5.41, 5.74) is -0.0318. The Kier molecular flexibility index (Phi) is 4.55. The number of hydrogen-bond acceptors (Lipinski definition) is 4. The minimum absolute atomic E-state index is 0.171. The molecule has 1 heterocycles. The number of anilines is 1. The van der Waals surface area contributed by atoms with Crippen LogP contribution >= 0.6 is 11.6 Å². The van der Waals surface area contributed by atoms with E-state index in [9.17, 15) is 14.5 Å². The van der Waals surface area contributed by atoms with Crippen molar-refractivity contribution in [2.45, 2.75) is 25.3 Å².